The Morgan fingerprint density at radius 1 is 1.67 bits per heavy atom. The van der Waals surface area contributed by atoms with Crippen LogP contribution in [0.1, 0.15) is 24.3 Å². The van der Waals surface area contributed by atoms with Crippen molar-refractivity contribution in [3.05, 3.63) is 18.0 Å². The SMILES string of the molecule is CCOC(=O)c1ccnn1CC(C)(F)F. The lowest BCUT2D eigenvalue weighted by molar-refractivity contribution is -0.000815. The van der Waals surface area contributed by atoms with Gasteiger partial charge in [0.1, 0.15) is 12.2 Å². The first kappa shape index (κ1) is 11.6. The van der Waals surface area contributed by atoms with E-state index in [2.05, 4.69) is 5.10 Å². The van der Waals surface area contributed by atoms with E-state index >= 15 is 0 Å². The Hall–Kier alpha value is -1.46. The Kier molecular flexibility index (Phi) is 3.39. The summed E-state index contributed by atoms with van der Waals surface area (Å²) in [4.78, 5) is 11.3. The van der Waals surface area contributed by atoms with Crippen molar-refractivity contribution in [2.75, 3.05) is 6.61 Å². The van der Waals surface area contributed by atoms with E-state index < -0.39 is 18.4 Å². The second-order valence-electron chi connectivity index (χ2n) is 3.16. The van der Waals surface area contributed by atoms with Crippen LogP contribution in [0.15, 0.2) is 12.3 Å². The number of carbonyl (C=O) groups excluding carboxylic acids is 1. The molecule has 4 nitrogen and oxygen atoms in total. The van der Waals surface area contributed by atoms with Crippen LogP contribution in [-0.2, 0) is 11.3 Å². The van der Waals surface area contributed by atoms with Gasteiger partial charge in [-0.05, 0) is 13.0 Å². The number of ether oxygens (including phenoxy) is 1. The molecule has 0 atom stereocenters. The smallest absolute Gasteiger partial charge is 0.356 e. The Labute approximate surface area is 85.8 Å². The van der Waals surface area contributed by atoms with E-state index in [1.807, 2.05) is 0 Å². The number of aromatic nitrogens is 2. The molecule has 0 aliphatic rings. The molecule has 0 saturated carbocycles. The molecule has 0 unspecified atom stereocenters. The minimum Gasteiger partial charge on any atom is -0.461 e. The quantitative estimate of drug-likeness (QED) is 0.722. The predicted octanol–water partition coefficient (Wildman–Crippen LogP) is 1.72. The van der Waals surface area contributed by atoms with Crippen molar-refractivity contribution in [3.8, 4) is 0 Å². The van der Waals surface area contributed by atoms with Crippen LogP contribution in [0.5, 0.6) is 0 Å². The van der Waals surface area contributed by atoms with Crippen LogP contribution in [0, 0.1) is 0 Å². The summed E-state index contributed by atoms with van der Waals surface area (Å²) in [6.07, 6.45) is 1.29. The highest BCUT2D eigenvalue weighted by Gasteiger charge is 2.25. The maximum atomic E-state index is 12.7. The van der Waals surface area contributed by atoms with Crippen LogP contribution in [0.3, 0.4) is 0 Å². The topological polar surface area (TPSA) is 44.1 Å². The van der Waals surface area contributed by atoms with E-state index in [4.69, 9.17) is 4.74 Å². The molecule has 0 aliphatic heterocycles. The van der Waals surface area contributed by atoms with Gasteiger partial charge in [0.15, 0.2) is 0 Å². The third-order valence-electron chi connectivity index (χ3n) is 1.63. The third-order valence-corrected chi connectivity index (χ3v) is 1.63. The van der Waals surface area contributed by atoms with Gasteiger partial charge < -0.3 is 4.74 Å². The van der Waals surface area contributed by atoms with Crippen molar-refractivity contribution < 1.29 is 18.3 Å². The number of carbonyl (C=O) groups is 1. The number of alkyl halides is 2. The molecule has 0 saturated heterocycles. The van der Waals surface area contributed by atoms with Crippen LogP contribution >= 0.6 is 0 Å². The zero-order valence-corrected chi connectivity index (χ0v) is 8.54. The minimum atomic E-state index is -2.91. The largest absolute Gasteiger partial charge is 0.461 e. The van der Waals surface area contributed by atoms with Gasteiger partial charge in [0.25, 0.3) is 5.92 Å². The van der Waals surface area contributed by atoms with Gasteiger partial charge in [-0.3, -0.25) is 4.68 Å². The summed E-state index contributed by atoms with van der Waals surface area (Å²) >= 11 is 0. The molecule has 0 spiro atoms. The van der Waals surface area contributed by atoms with Crippen molar-refractivity contribution in [2.45, 2.75) is 26.3 Å². The molecule has 1 rings (SSSR count). The fraction of sp³-hybridized carbons (Fsp3) is 0.556. The molecule has 0 aromatic carbocycles. The Morgan fingerprint density at radius 3 is 2.87 bits per heavy atom. The highest BCUT2D eigenvalue weighted by Crippen LogP contribution is 2.15. The molecule has 0 bridgehead atoms. The average molecular weight is 218 g/mol. The van der Waals surface area contributed by atoms with Gasteiger partial charge in [-0.25, -0.2) is 13.6 Å². The highest BCUT2D eigenvalue weighted by molar-refractivity contribution is 5.87. The van der Waals surface area contributed by atoms with Gasteiger partial charge >= 0.3 is 5.97 Å². The van der Waals surface area contributed by atoms with E-state index in [-0.39, 0.29) is 12.3 Å². The summed E-state index contributed by atoms with van der Waals surface area (Å²) in [7, 11) is 0. The third kappa shape index (κ3) is 3.30. The fourth-order valence-electron chi connectivity index (χ4n) is 1.10. The number of hydrogen-bond donors (Lipinski definition) is 0. The second kappa shape index (κ2) is 4.37. The zero-order valence-electron chi connectivity index (χ0n) is 8.54. The van der Waals surface area contributed by atoms with Gasteiger partial charge in [-0.2, -0.15) is 5.10 Å². The number of halogens is 2. The molecule has 0 N–H and O–H groups in total. The molecule has 1 aromatic rings. The standard InChI is InChI=1S/C9H12F2N2O2/c1-3-15-8(14)7-4-5-12-13(7)6-9(2,10)11/h4-5H,3,6H2,1-2H3. The molecule has 84 valence electrons. The van der Waals surface area contributed by atoms with Crippen LogP contribution in [-0.4, -0.2) is 28.3 Å². The average Bonchev–Trinajstić information content (AvgIpc) is 2.49. The van der Waals surface area contributed by atoms with Crippen molar-refractivity contribution in [2.24, 2.45) is 0 Å². The second-order valence-corrected chi connectivity index (χ2v) is 3.16. The first-order valence-electron chi connectivity index (χ1n) is 4.51. The van der Waals surface area contributed by atoms with E-state index in [0.717, 1.165) is 11.6 Å². The van der Waals surface area contributed by atoms with Crippen molar-refractivity contribution in [3.63, 3.8) is 0 Å². The summed E-state index contributed by atoms with van der Waals surface area (Å²) in [5, 5.41) is 3.64. The maximum Gasteiger partial charge on any atom is 0.356 e. The van der Waals surface area contributed by atoms with Crippen molar-refractivity contribution in [1.82, 2.24) is 9.78 Å². The number of hydrogen-bond acceptors (Lipinski definition) is 3. The summed E-state index contributed by atoms with van der Waals surface area (Å²) in [6, 6.07) is 1.35. The van der Waals surface area contributed by atoms with Crippen molar-refractivity contribution in [1.29, 1.82) is 0 Å². The summed E-state index contributed by atoms with van der Waals surface area (Å²) in [5.41, 5.74) is 0.0402. The molecule has 0 radical (unpaired) electrons. The number of nitrogens with zero attached hydrogens (tertiary/aromatic N) is 2. The molecule has 1 aromatic heterocycles. The minimum absolute atomic E-state index is 0.0402. The Bertz CT molecular complexity index is 344. The van der Waals surface area contributed by atoms with E-state index in [1.165, 1.54) is 12.3 Å². The van der Waals surface area contributed by atoms with Crippen LogP contribution in [0.4, 0.5) is 8.78 Å². The van der Waals surface area contributed by atoms with Gasteiger partial charge in [-0.1, -0.05) is 0 Å². The van der Waals surface area contributed by atoms with E-state index in [1.54, 1.807) is 6.92 Å². The first-order valence-corrected chi connectivity index (χ1v) is 4.51. The Balaban J connectivity index is 2.82. The van der Waals surface area contributed by atoms with Crippen molar-refractivity contribution >= 4 is 5.97 Å². The normalized spacial score (nSPS) is 11.5. The van der Waals surface area contributed by atoms with Gasteiger partial charge in [0.05, 0.1) is 6.61 Å². The molecular weight excluding hydrogens is 206 g/mol. The van der Waals surface area contributed by atoms with Crippen LogP contribution < -0.4 is 0 Å². The van der Waals surface area contributed by atoms with Gasteiger partial charge in [0.2, 0.25) is 0 Å². The molecule has 1 heterocycles. The lowest BCUT2D eigenvalue weighted by Gasteiger charge is -2.12. The predicted molar refractivity (Wildman–Crippen MR) is 48.8 cm³/mol. The first-order chi connectivity index (χ1) is 6.94. The van der Waals surface area contributed by atoms with E-state index in [9.17, 15) is 13.6 Å². The highest BCUT2D eigenvalue weighted by atomic mass is 19.3. The molecule has 0 amide bonds. The van der Waals surface area contributed by atoms with Crippen LogP contribution in [0.2, 0.25) is 0 Å². The molecular formula is C9H12F2N2O2. The maximum absolute atomic E-state index is 12.7. The van der Waals surface area contributed by atoms with Gasteiger partial charge in [-0.15, -0.1) is 0 Å². The number of rotatable bonds is 4. The van der Waals surface area contributed by atoms with Crippen LogP contribution in [0.25, 0.3) is 0 Å². The zero-order chi connectivity index (χ0) is 11.5. The Morgan fingerprint density at radius 2 is 2.33 bits per heavy atom. The summed E-state index contributed by atoms with van der Waals surface area (Å²) in [6.45, 7) is 1.98. The molecule has 6 heteroatoms. The van der Waals surface area contributed by atoms with Gasteiger partial charge in [0, 0.05) is 13.1 Å². The summed E-state index contributed by atoms with van der Waals surface area (Å²) < 4.78 is 31.0. The number of esters is 1. The fourth-order valence-corrected chi connectivity index (χ4v) is 1.10. The monoisotopic (exact) mass is 218 g/mol. The molecule has 15 heavy (non-hydrogen) atoms. The molecule has 0 fully saturated rings. The molecule has 0 aliphatic carbocycles. The van der Waals surface area contributed by atoms with E-state index in [0.29, 0.717) is 0 Å². The lowest BCUT2D eigenvalue weighted by atomic mass is 10.3. The summed E-state index contributed by atoms with van der Waals surface area (Å²) in [5.74, 6) is -3.55. The lowest BCUT2D eigenvalue weighted by Crippen LogP contribution is -2.23.